The van der Waals surface area contributed by atoms with Crippen molar-refractivity contribution in [3.8, 4) is 17.2 Å². The van der Waals surface area contributed by atoms with Crippen LogP contribution in [0.15, 0.2) is 102 Å². The molecule has 2 heterocycles. The molecule has 0 amide bonds. The summed E-state index contributed by atoms with van der Waals surface area (Å²) in [6.45, 7) is 11.2. The molecule has 0 spiro atoms. The van der Waals surface area contributed by atoms with Crippen LogP contribution in [-0.4, -0.2) is 55.0 Å². The van der Waals surface area contributed by atoms with E-state index in [-0.39, 0.29) is 71.3 Å². The molecule has 0 aliphatic carbocycles. The van der Waals surface area contributed by atoms with Crippen LogP contribution < -0.4 is 9.47 Å². The standard InChI is InChI=1S/C11H15O2.C9H9O2.C6H4NO.C6H5O.C5H10O.2Y/c1-9(2)11(12)8-13-10-6-4-3-5-7-10;1-2-4-8(5-3-1)10-6-9-7-11-9;8-7-6-4-2-1-3-5-6;7-6-4-2-1-3-5-6;1-4(2)5-3-6-5;;/h4-7,9,11-12H,8H2,1-2H3;2-5,9H,6-7H2;2-5H;2-5,7H;4-5H,3H2,1-2H3;;/q4*-1;;;. The largest absolute Gasteiger partial charge is 0.533 e. The first-order chi connectivity index (χ1) is 21.8. The number of hydrogen-bond donors (Lipinski definition) is 2. The van der Waals surface area contributed by atoms with Gasteiger partial charge < -0.3 is 29.2 Å². The molecule has 0 aromatic heterocycles. The van der Waals surface area contributed by atoms with Gasteiger partial charge in [0.05, 0.1) is 25.4 Å². The van der Waals surface area contributed by atoms with Crippen LogP contribution >= 0.6 is 0 Å². The van der Waals surface area contributed by atoms with Crippen molar-refractivity contribution in [2.24, 2.45) is 17.0 Å². The van der Waals surface area contributed by atoms with E-state index in [0.29, 0.717) is 36.9 Å². The maximum atomic E-state index is 9.74. The molecule has 4 aromatic carbocycles. The topological polar surface area (TPSA) is 113 Å². The van der Waals surface area contributed by atoms with Gasteiger partial charge >= 0.3 is 0 Å². The van der Waals surface area contributed by atoms with Crippen molar-refractivity contribution in [2.75, 3.05) is 26.4 Å². The van der Waals surface area contributed by atoms with Crippen molar-refractivity contribution >= 4 is 5.69 Å². The molecule has 4 aromatic rings. The Kier molecular flexibility index (Phi) is 26.7. The van der Waals surface area contributed by atoms with E-state index in [1.54, 1.807) is 60.7 Å². The van der Waals surface area contributed by atoms with E-state index in [1.165, 1.54) is 0 Å². The van der Waals surface area contributed by atoms with Gasteiger partial charge in [-0.25, -0.2) is 0 Å². The summed E-state index contributed by atoms with van der Waals surface area (Å²) in [6.07, 6.45) is 0.536. The molecule has 2 fully saturated rings. The zero-order valence-electron chi connectivity index (χ0n) is 27.5. The quantitative estimate of drug-likeness (QED) is 0.104. The Labute approximate surface area is 330 Å². The molecule has 0 saturated carbocycles. The second-order valence-corrected chi connectivity index (χ2v) is 10.6. The fraction of sp³-hybridized carbons (Fsp3) is 0.351. The van der Waals surface area contributed by atoms with Gasteiger partial charge in [0.1, 0.15) is 19.3 Å². The Hall–Kier alpha value is -2.03. The molecule has 10 heteroatoms. The van der Waals surface area contributed by atoms with Crippen LogP contribution in [0.4, 0.5) is 5.69 Å². The van der Waals surface area contributed by atoms with E-state index in [1.807, 2.05) is 50.2 Å². The molecule has 8 nitrogen and oxygen atoms in total. The van der Waals surface area contributed by atoms with Crippen molar-refractivity contribution in [3.63, 3.8) is 0 Å². The average Bonchev–Trinajstić information content (AvgIpc) is 4.00. The van der Waals surface area contributed by atoms with Crippen molar-refractivity contribution in [1.82, 2.24) is 0 Å². The Bertz CT molecular complexity index is 1260. The molecule has 2 aliphatic heterocycles. The van der Waals surface area contributed by atoms with Gasteiger partial charge in [-0.3, -0.25) is 0 Å². The van der Waals surface area contributed by atoms with Gasteiger partial charge in [0, 0.05) is 82.7 Å². The first kappa shape index (κ1) is 45.0. The SMILES string of the molecule is CC(C)C(O)COc1cc[c-]cc1.CC(C)C1CO1.O=Nc1cc[c-]cc1.Oc1cc[c-]cc1.[Y].[Y].[c-]1ccc(OCC2CO2)cc1. The summed E-state index contributed by atoms with van der Waals surface area (Å²) in [7, 11) is 0. The predicted octanol–water partition coefficient (Wildman–Crippen LogP) is 7.26. The van der Waals surface area contributed by atoms with E-state index in [9.17, 15) is 10.0 Å². The third-order valence-corrected chi connectivity index (χ3v) is 6.01. The van der Waals surface area contributed by atoms with Gasteiger partial charge in [-0.15, -0.1) is 53.4 Å². The molecule has 248 valence electrons. The second kappa shape index (κ2) is 27.9. The monoisotopic (exact) mass is 791 g/mol. The first-order valence-electron chi connectivity index (χ1n) is 14.8. The first-order valence-corrected chi connectivity index (χ1v) is 14.8. The average molecular weight is 792 g/mol. The molecule has 47 heavy (non-hydrogen) atoms. The molecule has 3 atom stereocenters. The number of phenolic OH excluding ortho intramolecular Hbond substituents is 1. The summed E-state index contributed by atoms with van der Waals surface area (Å²) in [6, 6.07) is 39.1. The number of aliphatic hydroxyl groups is 1. The summed E-state index contributed by atoms with van der Waals surface area (Å²) in [4.78, 5) is 9.74. The summed E-state index contributed by atoms with van der Waals surface area (Å²) in [5.74, 6) is 2.93. The minimum absolute atomic E-state index is 0. The van der Waals surface area contributed by atoms with Crippen molar-refractivity contribution in [3.05, 3.63) is 126 Å². The number of benzene rings is 4. The van der Waals surface area contributed by atoms with Gasteiger partial charge in [-0.05, 0) is 17.5 Å². The van der Waals surface area contributed by atoms with Crippen molar-refractivity contribution in [1.29, 1.82) is 0 Å². The van der Waals surface area contributed by atoms with Gasteiger partial charge in [0.2, 0.25) is 0 Å². The number of nitrogens with zero attached hydrogens (tertiary/aromatic N) is 1. The number of phenols is 1. The predicted molar refractivity (Wildman–Crippen MR) is 174 cm³/mol. The van der Waals surface area contributed by atoms with E-state index in [2.05, 4.69) is 43.3 Å². The minimum atomic E-state index is -0.399. The zero-order valence-corrected chi connectivity index (χ0v) is 33.2. The molecule has 6 rings (SSSR count). The molecule has 2 N–H and O–H groups in total. The molecule has 2 saturated heterocycles. The van der Waals surface area contributed by atoms with Gasteiger partial charge in [-0.1, -0.05) is 32.9 Å². The maximum Gasteiger partial charge on any atom is 0.115 e. The normalized spacial score (nSPS) is 15.3. The van der Waals surface area contributed by atoms with Crippen LogP contribution in [0.3, 0.4) is 0 Å². The van der Waals surface area contributed by atoms with Crippen LogP contribution in [0, 0.1) is 41.0 Å². The van der Waals surface area contributed by atoms with Gasteiger partial charge in [0.15, 0.2) is 0 Å². The molecule has 3 unspecified atom stereocenters. The third-order valence-electron chi connectivity index (χ3n) is 6.01. The molecule has 2 aliphatic rings. The van der Waals surface area contributed by atoms with Crippen molar-refractivity contribution in [2.45, 2.75) is 46.0 Å². The fourth-order valence-electron chi connectivity index (χ4n) is 2.92. The van der Waals surface area contributed by atoms with E-state index in [0.717, 1.165) is 30.6 Å². The molecular weight excluding hydrogens is 748 g/mol. The molecule has 0 bridgehead atoms. The smallest absolute Gasteiger partial charge is 0.115 e. The second-order valence-electron chi connectivity index (χ2n) is 10.6. The van der Waals surface area contributed by atoms with E-state index >= 15 is 0 Å². The Balaban J connectivity index is 0.000000571. The number of epoxide rings is 2. The third kappa shape index (κ3) is 24.7. The Morgan fingerprint density at radius 2 is 1.17 bits per heavy atom. The van der Waals surface area contributed by atoms with Gasteiger partial charge in [-0.2, -0.15) is 72.8 Å². The molecule has 2 radical (unpaired) electrons. The zero-order chi connectivity index (χ0) is 32.7. The number of aromatic hydroxyl groups is 1. The maximum absolute atomic E-state index is 9.74. The van der Waals surface area contributed by atoms with Crippen LogP contribution in [0.25, 0.3) is 0 Å². The summed E-state index contributed by atoms with van der Waals surface area (Å²) in [5.41, 5.74) is 0.448. The van der Waals surface area contributed by atoms with Gasteiger partial charge in [0.25, 0.3) is 0 Å². The van der Waals surface area contributed by atoms with Crippen LogP contribution in [-0.2, 0) is 74.9 Å². The number of aliphatic hydroxyl groups excluding tert-OH is 1. The number of ether oxygens (including phenoxy) is 4. The van der Waals surface area contributed by atoms with Crippen LogP contribution in [0.1, 0.15) is 27.7 Å². The Morgan fingerprint density at radius 3 is 1.47 bits per heavy atom. The minimum Gasteiger partial charge on any atom is -0.533 e. The van der Waals surface area contributed by atoms with Crippen LogP contribution in [0.5, 0.6) is 17.2 Å². The van der Waals surface area contributed by atoms with Crippen LogP contribution in [0.2, 0.25) is 0 Å². The van der Waals surface area contributed by atoms with E-state index in [4.69, 9.17) is 24.1 Å². The van der Waals surface area contributed by atoms with Crippen molar-refractivity contribution < 1.29 is 94.6 Å². The summed E-state index contributed by atoms with van der Waals surface area (Å²) >= 11 is 0. The summed E-state index contributed by atoms with van der Waals surface area (Å²) < 4.78 is 20.7. The number of nitroso groups, excluding NO2 is 1. The number of hydrogen-bond acceptors (Lipinski definition) is 8. The number of rotatable bonds is 9. The Morgan fingerprint density at radius 1 is 0.745 bits per heavy atom. The van der Waals surface area contributed by atoms with E-state index < -0.39 is 6.10 Å². The molecular formula is C37H43NO7Y2-4. The fourth-order valence-corrected chi connectivity index (χ4v) is 2.92. The summed E-state index contributed by atoms with van der Waals surface area (Å²) in [5, 5.41) is 20.8.